The molecule has 1 amide bonds. The summed E-state index contributed by atoms with van der Waals surface area (Å²) in [5, 5.41) is 5.93. The van der Waals surface area contributed by atoms with E-state index < -0.39 is 0 Å². The minimum absolute atomic E-state index is 0.0898. The van der Waals surface area contributed by atoms with E-state index in [4.69, 9.17) is 4.74 Å². The molecule has 1 N–H and O–H groups in total. The molecule has 0 aliphatic carbocycles. The van der Waals surface area contributed by atoms with Crippen molar-refractivity contribution in [2.75, 3.05) is 12.4 Å². The van der Waals surface area contributed by atoms with Gasteiger partial charge in [0, 0.05) is 16.5 Å². The van der Waals surface area contributed by atoms with E-state index in [9.17, 15) is 4.79 Å². The Labute approximate surface area is 195 Å². The number of rotatable bonds is 8. The van der Waals surface area contributed by atoms with Crippen LogP contribution >= 0.6 is 23.1 Å². The van der Waals surface area contributed by atoms with Gasteiger partial charge in [-0.1, -0.05) is 49.0 Å². The van der Waals surface area contributed by atoms with Crippen LogP contribution in [-0.2, 0) is 4.79 Å². The summed E-state index contributed by atoms with van der Waals surface area (Å²) in [6.07, 6.45) is 2.20. The lowest BCUT2D eigenvalue weighted by molar-refractivity contribution is -0.115. The van der Waals surface area contributed by atoms with Gasteiger partial charge >= 0.3 is 0 Å². The lowest BCUT2D eigenvalue weighted by Crippen LogP contribution is -2.24. The zero-order valence-corrected chi connectivity index (χ0v) is 19.3. The highest BCUT2D eigenvalue weighted by molar-refractivity contribution is 8.00. The minimum Gasteiger partial charge on any atom is -0.497 e. The van der Waals surface area contributed by atoms with Gasteiger partial charge < -0.3 is 10.1 Å². The number of amides is 1. The molecule has 0 aliphatic heterocycles. The number of carbonyl (C=O) groups is 1. The van der Waals surface area contributed by atoms with Gasteiger partial charge in [-0.2, -0.15) is 0 Å². The van der Waals surface area contributed by atoms with Gasteiger partial charge in [-0.15, -0.1) is 11.3 Å². The Bertz CT molecular complexity index is 1180. The number of hydrogen-bond acceptors (Lipinski definition) is 7. The lowest BCUT2D eigenvalue weighted by Gasteiger charge is -2.13. The van der Waals surface area contributed by atoms with E-state index in [0.717, 1.165) is 33.3 Å². The minimum atomic E-state index is -0.290. The van der Waals surface area contributed by atoms with E-state index in [0.29, 0.717) is 11.6 Å². The van der Waals surface area contributed by atoms with Crippen LogP contribution in [0.3, 0.4) is 0 Å². The molecule has 0 saturated heterocycles. The number of methoxy groups -OCH3 is 1. The van der Waals surface area contributed by atoms with E-state index in [2.05, 4.69) is 20.3 Å². The molecule has 1 unspecified atom stereocenters. The first-order valence-corrected chi connectivity index (χ1v) is 11.9. The smallest absolute Gasteiger partial charge is 0.239 e. The fourth-order valence-corrected chi connectivity index (χ4v) is 4.68. The Kier molecular flexibility index (Phi) is 7.14. The number of aromatic nitrogens is 3. The number of nitrogens with one attached hydrogen (secondary N) is 1. The molecule has 4 aromatic rings. The highest BCUT2D eigenvalue weighted by Crippen LogP contribution is 2.30. The number of hydrogen-bond donors (Lipinski definition) is 1. The molecule has 162 valence electrons. The van der Waals surface area contributed by atoms with Crippen LogP contribution in [0, 0.1) is 0 Å². The summed E-state index contributed by atoms with van der Waals surface area (Å²) in [5.41, 5.74) is 3.64. The van der Waals surface area contributed by atoms with Gasteiger partial charge in [0.2, 0.25) is 5.91 Å². The van der Waals surface area contributed by atoms with Crippen LogP contribution in [0.15, 0.2) is 77.4 Å². The fraction of sp³-hybridized carbons (Fsp3) is 0.167. The molecule has 6 nitrogen and oxygen atoms in total. The van der Waals surface area contributed by atoms with Crippen molar-refractivity contribution in [3.8, 4) is 28.3 Å². The number of benzene rings is 2. The zero-order valence-electron chi connectivity index (χ0n) is 17.7. The zero-order chi connectivity index (χ0) is 22.3. The third-order valence-electron chi connectivity index (χ3n) is 4.76. The predicted molar refractivity (Wildman–Crippen MR) is 130 cm³/mol. The van der Waals surface area contributed by atoms with Gasteiger partial charge in [0.05, 0.1) is 23.7 Å². The molecular formula is C24H22N4O2S2. The molecule has 0 bridgehead atoms. The summed E-state index contributed by atoms with van der Waals surface area (Å²) in [6, 6.07) is 19.5. The van der Waals surface area contributed by atoms with Crippen LogP contribution in [-0.4, -0.2) is 33.2 Å². The van der Waals surface area contributed by atoms with E-state index in [1.54, 1.807) is 7.11 Å². The van der Waals surface area contributed by atoms with Crippen LogP contribution in [0.2, 0.25) is 0 Å². The Morgan fingerprint density at radius 2 is 1.81 bits per heavy atom. The second kappa shape index (κ2) is 10.4. The highest BCUT2D eigenvalue weighted by atomic mass is 32.2. The molecule has 0 fully saturated rings. The molecule has 1 atom stereocenters. The molecule has 2 aromatic heterocycles. The average Bonchev–Trinajstić information content (AvgIpc) is 3.31. The number of ether oxygens (including phenoxy) is 1. The van der Waals surface area contributed by atoms with E-state index >= 15 is 0 Å². The number of anilines is 1. The van der Waals surface area contributed by atoms with Gasteiger partial charge in [0.25, 0.3) is 0 Å². The maximum atomic E-state index is 12.9. The van der Waals surface area contributed by atoms with E-state index in [1.165, 1.54) is 29.4 Å². The number of carbonyl (C=O) groups excluding carboxylic acids is 1. The predicted octanol–water partition coefficient (Wildman–Crippen LogP) is 5.79. The summed E-state index contributed by atoms with van der Waals surface area (Å²) in [4.78, 5) is 26.2. The first kappa shape index (κ1) is 22.0. The normalized spacial score (nSPS) is 11.7. The summed E-state index contributed by atoms with van der Waals surface area (Å²) in [6.45, 7) is 1.99. The van der Waals surface area contributed by atoms with E-state index in [-0.39, 0.29) is 11.2 Å². The average molecular weight is 463 g/mol. The molecule has 0 radical (unpaired) electrons. The van der Waals surface area contributed by atoms with Crippen molar-refractivity contribution < 1.29 is 9.53 Å². The Hall–Kier alpha value is -3.23. The summed E-state index contributed by atoms with van der Waals surface area (Å²) >= 11 is 2.84. The van der Waals surface area contributed by atoms with Crippen molar-refractivity contribution in [1.82, 2.24) is 15.0 Å². The number of thioether (sulfide) groups is 1. The Morgan fingerprint density at radius 3 is 2.53 bits per heavy atom. The molecule has 0 aliphatic rings. The van der Waals surface area contributed by atoms with Gasteiger partial charge in [-0.05, 0) is 36.8 Å². The molecule has 32 heavy (non-hydrogen) atoms. The van der Waals surface area contributed by atoms with Crippen molar-refractivity contribution in [3.63, 3.8) is 0 Å². The van der Waals surface area contributed by atoms with Crippen LogP contribution in [0.1, 0.15) is 13.3 Å². The summed E-state index contributed by atoms with van der Waals surface area (Å²) in [5.74, 6) is 0.702. The van der Waals surface area contributed by atoms with Crippen LogP contribution in [0.4, 0.5) is 5.13 Å². The Morgan fingerprint density at radius 1 is 1.06 bits per heavy atom. The second-order valence-electron chi connectivity index (χ2n) is 6.88. The van der Waals surface area contributed by atoms with Gasteiger partial charge in [0.15, 0.2) is 5.13 Å². The third-order valence-corrected chi connectivity index (χ3v) is 6.81. The fourth-order valence-electron chi connectivity index (χ4n) is 3.05. The standard InChI is InChI=1S/C24H22N4O2S2/c1-3-21(32-22-13-19(25-15-26-22)16-7-5-4-6-8-16)23(29)28-24-27-20(14-31-24)17-9-11-18(30-2)12-10-17/h4-15,21H,3H2,1-2H3,(H,27,28,29). The number of thiazole rings is 1. The summed E-state index contributed by atoms with van der Waals surface area (Å²) < 4.78 is 5.20. The largest absolute Gasteiger partial charge is 0.497 e. The van der Waals surface area contributed by atoms with Crippen molar-refractivity contribution in [2.45, 2.75) is 23.6 Å². The molecule has 0 saturated carbocycles. The molecule has 4 rings (SSSR count). The van der Waals surface area contributed by atoms with Gasteiger partial charge in [0.1, 0.15) is 17.1 Å². The van der Waals surface area contributed by atoms with Crippen molar-refractivity contribution in [2.24, 2.45) is 0 Å². The maximum absolute atomic E-state index is 12.9. The monoisotopic (exact) mass is 462 g/mol. The van der Waals surface area contributed by atoms with Crippen molar-refractivity contribution in [1.29, 1.82) is 0 Å². The quantitative estimate of drug-likeness (QED) is 0.264. The van der Waals surface area contributed by atoms with Gasteiger partial charge in [-0.3, -0.25) is 4.79 Å². The maximum Gasteiger partial charge on any atom is 0.239 e. The first-order valence-electron chi connectivity index (χ1n) is 10.1. The molecule has 2 heterocycles. The molecule has 2 aromatic carbocycles. The molecule has 8 heteroatoms. The lowest BCUT2D eigenvalue weighted by atomic mass is 10.1. The summed E-state index contributed by atoms with van der Waals surface area (Å²) in [7, 11) is 1.64. The second-order valence-corrected chi connectivity index (χ2v) is 8.96. The Balaban J connectivity index is 1.43. The topological polar surface area (TPSA) is 77.0 Å². The number of nitrogens with zero attached hydrogens (tertiary/aromatic N) is 3. The van der Waals surface area contributed by atoms with Crippen LogP contribution in [0.5, 0.6) is 5.75 Å². The van der Waals surface area contributed by atoms with Crippen LogP contribution < -0.4 is 10.1 Å². The van der Waals surface area contributed by atoms with E-state index in [1.807, 2.05) is 73.0 Å². The molecular weight excluding hydrogens is 440 g/mol. The molecule has 0 spiro atoms. The van der Waals surface area contributed by atoms with Crippen molar-refractivity contribution in [3.05, 3.63) is 72.4 Å². The van der Waals surface area contributed by atoms with Crippen molar-refractivity contribution >= 4 is 34.1 Å². The van der Waals surface area contributed by atoms with Crippen LogP contribution in [0.25, 0.3) is 22.5 Å². The third kappa shape index (κ3) is 5.33. The highest BCUT2D eigenvalue weighted by Gasteiger charge is 2.20. The van der Waals surface area contributed by atoms with Gasteiger partial charge in [-0.25, -0.2) is 15.0 Å². The first-order chi connectivity index (χ1) is 15.7. The SMILES string of the molecule is CCC(Sc1cc(-c2ccccc2)ncn1)C(=O)Nc1nc(-c2ccc(OC)cc2)cs1.